The maximum absolute atomic E-state index is 11.9. The van der Waals surface area contributed by atoms with Crippen LogP contribution in [-0.4, -0.2) is 59.5 Å². The Morgan fingerprint density at radius 2 is 1.88 bits per heavy atom. The number of aryl methyl sites for hydroxylation is 1. The fraction of sp³-hybridized carbons (Fsp3) is 0.500. The van der Waals surface area contributed by atoms with Crippen molar-refractivity contribution in [2.75, 3.05) is 32.7 Å². The van der Waals surface area contributed by atoms with Crippen LogP contribution in [0.2, 0.25) is 0 Å². The van der Waals surface area contributed by atoms with Crippen LogP contribution in [0.4, 0.5) is 0 Å². The van der Waals surface area contributed by atoms with Gasteiger partial charge in [0.2, 0.25) is 5.91 Å². The van der Waals surface area contributed by atoms with Gasteiger partial charge in [-0.25, -0.2) is 0 Å². The number of nitrogens with one attached hydrogen (secondary N) is 1. The summed E-state index contributed by atoms with van der Waals surface area (Å²) in [7, 11) is 0. The van der Waals surface area contributed by atoms with Crippen molar-refractivity contribution in [3.8, 4) is 0 Å². The van der Waals surface area contributed by atoms with Crippen molar-refractivity contribution in [2.24, 2.45) is 0 Å². The van der Waals surface area contributed by atoms with Gasteiger partial charge in [0.05, 0.1) is 12.1 Å². The van der Waals surface area contributed by atoms with E-state index in [1.165, 1.54) is 10.9 Å². The number of hydrogen-bond donors (Lipinski definition) is 1. The molecule has 1 saturated heterocycles. The Balaban J connectivity index is 1.35. The molecule has 1 saturated carbocycles. The third kappa shape index (κ3) is 4.17. The lowest BCUT2D eigenvalue weighted by Crippen LogP contribution is -2.49. The largest absolute Gasteiger partial charge is 0.352 e. The van der Waals surface area contributed by atoms with Gasteiger partial charge >= 0.3 is 0 Å². The summed E-state index contributed by atoms with van der Waals surface area (Å²) in [5, 5.41) is 4.33. The standard InChI is InChI=1S/C20H26N4O/c1-15-12-16(18-4-2-3-5-19(18)21-15)13-23-8-10-24(11-9-23)14-20(25)22-17-6-7-17/h2-5,12,17H,6-11,13-14H2,1H3,(H,22,25). The molecule has 132 valence electrons. The Morgan fingerprint density at radius 3 is 2.64 bits per heavy atom. The van der Waals surface area contributed by atoms with E-state index in [1.807, 2.05) is 6.07 Å². The third-order valence-electron chi connectivity index (χ3n) is 5.10. The normalized spacial score (nSPS) is 19.2. The van der Waals surface area contributed by atoms with Gasteiger partial charge in [-0.05, 0) is 37.5 Å². The van der Waals surface area contributed by atoms with Crippen LogP contribution in [0.5, 0.6) is 0 Å². The van der Waals surface area contributed by atoms with Crippen molar-refractivity contribution in [1.29, 1.82) is 0 Å². The van der Waals surface area contributed by atoms with Crippen molar-refractivity contribution in [2.45, 2.75) is 32.4 Å². The number of piperazine rings is 1. The molecule has 2 aromatic rings. The molecule has 0 unspecified atom stereocenters. The summed E-state index contributed by atoms with van der Waals surface area (Å²) in [5.41, 5.74) is 3.50. The Hall–Kier alpha value is -1.98. The van der Waals surface area contributed by atoms with E-state index in [0.717, 1.165) is 56.8 Å². The lowest BCUT2D eigenvalue weighted by Gasteiger charge is -2.34. The van der Waals surface area contributed by atoms with Crippen molar-refractivity contribution >= 4 is 16.8 Å². The first-order valence-corrected chi connectivity index (χ1v) is 9.27. The minimum absolute atomic E-state index is 0.187. The summed E-state index contributed by atoms with van der Waals surface area (Å²) in [5.74, 6) is 0.187. The Labute approximate surface area is 149 Å². The highest BCUT2D eigenvalue weighted by Gasteiger charge is 2.25. The lowest BCUT2D eigenvalue weighted by molar-refractivity contribution is -0.122. The minimum atomic E-state index is 0.187. The molecule has 1 N–H and O–H groups in total. The number of rotatable bonds is 5. The fourth-order valence-corrected chi connectivity index (χ4v) is 3.58. The maximum Gasteiger partial charge on any atom is 0.234 e. The molecule has 1 aliphatic heterocycles. The number of pyridine rings is 1. The summed E-state index contributed by atoms with van der Waals surface area (Å²) < 4.78 is 0. The molecular formula is C20H26N4O. The maximum atomic E-state index is 11.9. The fourth-order valence-electron chi connectivity index (χ4n) is 3.58. The predicted molar refractivity (Wildman–Crippen MR) is 99.4 cm³/mol. The molecule has 0 atom stereocenters. The molecule has 0 radical (unpaired) electrons. The quantitative estimate of drug-likeness (QED) is 0.905. The number of amides is 1. The van der Waals surface area contributed by atoms with E-state index in [2.05, 4.69) is 51.3 Å². The molecule has 0 bridgehead atoms. The first-order chi connectivity index (χ1) is 12.2. The summed E-state index contributed by atoms with van der Waals surface area (Å²) in [6, 6.07) is 11.0. The van der Waals surface area contributed by atoms with Crippen LogP contribution in [0.15, 0.2) is 30.3 Å². The molecule has 25 heavy (non-hydrogen) atoms. The van der Waals surface area contributed by atoms with Crippen LogP contribution in [0.3, 0.4) is 0 Å². The van der Waals surface area contributed by atoms with E-state index in [0.29, 0.717) is 12.6 Å². The number of carbonyl (C=O) groups excluding carboxylic acids is 1. The number of nitrogens with zero attached hydrogens (tertiary/aromatic N) is 3. The SMILES string of the molecule is Cc1cc(CN2CCN(CC(=O)NC3CC3)CC2)c2ccccc2n1. The number of para-hydroxylation sites is 1. The molecule has 5 nitrogen and oxygen atoms in total. The van der Waals surface area contributed by atoms with Crippen LogP contribution in [-0.2, 0) is 11.3 Å². The van der Waals surface area contributed by atoms with Gasteiger partial charge in [-0.3, -0.25) is 19.6 Å². The predicted octanol–water partition coefficient (Wildman–Crippen LogP) is 1.94. The van der Waals surface area contributed by atoms with Crippen molar-refractivity contribution in [3.63, 3.8) is 0 Å². The van der Waals surface area contributed by atoms with E-state index in [1.54, 1.807) is 0 Å². The molecule has 2 heterocycles. The van der Waals surface area contributed by atoms with E-state index in [4.69, 9.17) is 0 Å². The molecule has 1 amide bonds. The number of fused-ring (bicyclic) bond motifs is 1. The second-order valence-corrected chi connectivity index (χ2v) is 7.33. The first kappa shape index (κ1) is 16.5. The van der Waals surface area contributed by atoms with Crippen LogP contribution >= 0.6 is 0 Å². The topological polar surface area (TPSA) is 48.5 Å². The summed E-state index contributed by atoms with van der Waals surface area (Å²) in [4.78, 5) is 21.3. The number of benzene rings is 1. The monoisotopic (exact) mass is 338 g/mol. The van der Waals surface area contributed by atoms with Gasteiger partial charge in [0, 0.05) is 49.8 Å². The van der Waals surface area contributed by atoms with E-state index < -0.39 is 0 Å². The Morgan fingerprint density at radius 1 is 1.16 bits per heavy atom. The van der Waals surface area contributed by atoms with Gasteiger partial charge < -0.3 is 5.32 Å². The molecule has 0 spiro atoms. The molecule has 2 aliphatic rings. The van der Waals surface area contributed by atoms with Crippen LogP contribution in [0, 0.1) is 6.92 Å². The van der Waals surface area contributed by atoms with Crippen LogP contribution in [0.25, 0.3) is 10.9 Å². The Bertz CT molecular complexity index is 763. The van der Waals surface area contributed by atoms with Gasteiger partial charge in [0.1, 0.15) is 0 Å². The van der Waals surface area contributed by atoms with E-state index in [9.17, 15) is 4.79 Å². The smallest absolute Gasteiger partial charge is 0.234 e. The number of aromatic nitrogens is 1. The number of carbonyl (C=O) groups is 1. The lowest BCUT2D eigenvalue weighted by atomic mass is 10.1. The van der Waals surface area contributed by atoms with Crippen molar-refractivity contribution in [3.05, 3.63) is 41.6 Å². The van der Waals surface area contributed by atoms with Crippen molar-refractivity contribution in [1.82, 2.24) is 20.1 Å². The highest BCUT2D eigenvalue weighted by atomic mass is 16.2. The van der Waals surface area contributed by atoms with Crippen LogP contribution < -0.4 is 5.32 Å². The molecule has 1 aromatic carbocycles. The molecule has 1 aromatic heterocycles. The first-order valence-electron chi connectivity index (χ1n) is 9.27. The van der Waals surface area contributed by atoms with Gasteiger partial charge in [0.25, 0.3) is 0 Å². The van der Waals surface area contributed by atoms with Gasteiger partial charge in [-0.15, -0.1) is 0 Å². The molecule has 4 rings (SSSR count). The van der Waals surface area contributed by atoms with E-state index >= 15 is 0 Å². The molecule has 5 heteroatoms. The second-order valence-electron chi connectivity index (χ2n) is 7.33. The van der Waals surface area contributed by atoms with E-state index in [-0.39, 0.29) is 5.91 Å². The van der Waals surface area contributed by atoms with Gasteiger partial charge in [-0.1, -0.05) is 18.2 Å². The second kappa shape index (κ2) is 7.10. The minimum Gasteiger partial charge on any atom is -0.352 e. The average Bonchev–Trinajstić information content (AvgIpc) is 3.40. The number of hydrogen-bond acceptors (Lipinski definition) is 4. The summed E-state index contributed by atoms with van der Waals surface area (Å²) >= 11 is 0. The highest BCUT2D eigenvalue weighted by molar-refractivity contribution is 5.82. The van der Waals surface area contributed by atoms with Crippen molar-refractivity contribution < 1.29 is 4.79 Å². The summed E-state index contributed by atoms with van der Waals surface area (Å²) in [6.07, 6.45) is 2.30. The van der Waals surface area contributed by atoms with Crippen LogP contribution in [0.1, 0.15) is 24.1 Å². The van der Waals surface area contributed by atoms with Gasteiger partial charge in [-0.2, -0.15) is 0 Å². The average molecular weight is 338 g/mol. The molecule has 2 fully saturated rings. The third-order valence-corrected chi connectivity index (χ3v) is 5.10. The zero-order valence-corrected chi connectivity index (χ0v) is 14.9. The van der Waals surface area contributed by atoms with Gasteiger partial charge in [0.15, 0.2) is 0 Å². The highest BCUT2D eigenvalue weighted by Crippen LogP contribution is 2.21. The molecule has 1 aliphatic carbocycles. The summed E-state index contributed by atoms with van der Waals surface area (Å²) in [6.45, 7) is 7.49. The zero-order valence-electron chi connectivity index (χ0n) is 14.9. The molecular weight excluding hydrogens is 312 g/mol. The Kier molecular flexibility index (Phi) is 4.68. The zero-order chi connectivity index (χ0) is 17.2.